The van der Waals surface area contributed by atoms with Crippen molar-refractivity contribution in [1.82, 2.24) is 4.90 Å². The summed E-state index contributed by atoms with van der Waals surface area (Å²) in [4.78, 5) is 1.90. The van der Waals surface area contributed by atoms with E-state index in [1.165, 1.54) is 6.08 Å². The van der Waals surface area contributed by atoms with Crippen molar-refractivity contribution in [2.45, 2.75) is 36.5 Å². The van der Waals surface area contributed by atoms with E-state index in [1.54, 1.807) is 6.08 Å². The maximum Gasteiger partial charge on any atom is 0.211 e. The molecule has 5 atom stereocenters. The number of likely N-dealkylation sites (tertiary alicyclic amines) is 1. The minimum atomic E-state index is -2.86. The van der Waals surface area contributed by atoms with Gasteiger partial charge in [-0.15, -0.1) is 0 Å². The number of ether oxygens (including phenoxy) is 2. The number of aliphatic hydroxyl groups is 1. The van der Waals surface area contributed by atoms with Crippen molar-refractivity contribution in [2.75, 3.05) is 20.6 Å². The molecule has 2 aliphatic carbocycles. The van der Waals surface area contributed by atoms with Crippen molar-refractivity contribution in [3.05, 3.63) is 35.4 Å². The molecule has 0 saturated carbocycles. The molecule has 2 bridgehead atoms. The van der Waals surface area contributed by atoms with Crippen LogP contribution in [0, 0.1) is 5.92 Å². The third-order valence-corrected chi connectivity index (χ3v) is 5.67. The number of likely N-dealkylation sites (N-methyl/N-ethyl adjacent to an activating group) is 1. The van der Waals surface area contributed by atoms with E-state index < -0.39 is 42.6 Å². The van der Waals surface area contributed by atoms with Crippen LogP contribution in [-0.4, -0.2) is 50.3 Å². The number of nitrogens with zero attached hydrogens (tertiary/aromatic N) is 1. The second-order valence-electron chi connectivity index (χ2n) is 6.48. The van der Waals surface area contributed by atoms with Gasteiger partial charge in [-0.05, 0) is 38.0 Å². The van der Waals surface area contributed by atoms with Crippen LogP contribution in [0.25, 0.3) is 0 Å². The average Bonchev–Trinajstić information content (AvgIpc) is 3.01. The Labute approximate surface area is 141 Å². The van der Waals surface area contributed by atoms with E-state index in [-0.39, 0.29) is 24.0 Å². The van der Waals surface area contributed by atoms with Gasteiger partial charge in [-0.1, -0.05) is 18.2 Å². The van der Waals surface area contributed by atoms with E-state index in [9.17, 15) is 1.37 Å². The van der Waals surface area contributed by atoms with Crippen molar-refractivity contribution >= 4 is 0 Å². The first kappa shape index (κ1) is 7.37. The van der Waals surface area contributed by atoms with Crippen LogP contribution in [0.2, 0.25) is 0 Å². The first-order valence-electron chi connectivity index (χ1n) is 11.4. The predicted molar refractivity (Wildman–Crippen MR) is 82.5 cm³/mol. The minimum Gasteiger partial charge on any atom is -0.493 e. The molecule has 1 fully saturated rings. The number of benzene rings is 1. The second-order valence-corrected chi connectivity index (χ2v) is 6.48. The van der Waals surface area contributed by atoms with Gasteiger partial charge in [-0.25, -0.2) is 0 Å². The molecule has 0 amide bonds. The summed E-state index contributed by atoms with van der Waals surface area (Å²) < 4.78 is 76.1. The van der Waals surface area contributed by atoms with Gasteiger partial charge in [0.05, 0.1) is 15.3 Å². The molecule has 0 aromatic heterocycles. The van der Waals surface area contributed by atoms with Gasteiger partial charge in [-0.2, -0.15) is 0 Å². The standard InChI is InChI=1S/C18H21NO3/c1-19-8-7-18-11-4-5-13(20)17(18)22-16-14(21-2)6-3-10(15(16)18)9-12(11)19/h3-6,11-13,17,20H,7-9H2,1-2H3/t11-,12+,13?,17?,18-/m0/s1/i2D3,3D,6D,12D,13D,20D. The highest BCUT2D eigenvalue weighted by molar-refractivity contribution is 5.62. The van der Waals surface area contributed by atoms with Gasteiger partial charge < -0.3 is 19.5 Å². The van der Waals surface area contributed by atoms with Gasteiger partial charge >= 0.3 is 0 Å². The van der Waals surface area contributed by atoms with Gasteiger partial charge in [0.1, 0.15) is 12.2 Å². The Morgan fingerprint density at radius 1 is 1.59 bits per heavy atom. The lowest BCUT2D eigenvalue weighted by Crippen LogP contribution is -2.64. The Kier molecular flexibility index (Phi) is 1.36. The van der Waals surface area contributed by atoms with E-state index in [1.807, 2.05) is 11.9 Å². The van der Waals surface area contributed by atoms with Crippen LogP contribution < -0.4 is 9.47 Å². The highest BCUT2D eigenvalue weighted by Gasteiger charge is 2.64. The Morgan fingerprint density at radius 2 is 2.55 bits per heavy atom. The zero-order valence-electron chi connectivity index (χ0n) is 20.1. The zero-order valence-corrected chi connectivity index (χ0v) is 12.1. The van der Waals surface area contributed by atoms with Gasteiger partial charge in [0, 0.05) is 24.3 Å². The SMILES string of the molecule is [2H]OC1([2H])C=C[C@@H]2[C@@]34CCN(C)[C@]2([2H])Cc2c([2H])c([2H])c(OC([2H])([2H])[2H])c(c23)OC14. The molecule has 1 spiro atoms. The second kappa shape index (κ2) is 4.06. The van der Waals surface area contributed by atoms with Crippen molar-refractivity contribution in [1.29, 1.82) is 1.43 Å². The molecular formula is C18H21NO3. The highest BCUT2D eigenvalue weighted by Crippen LogP contribution is 2.62. The molecule has 2 unspecified atom stereocenters. The summed E-state index contributed by atoms with van der Waals surface area (Å²) in [5.74, 6) is -0.751. The first-order chi connectivity index (χ1) is 13.9. The fraction of sp³-hybridized carbons (Fsp3) is 0.556. The van der Waals surface area contributed by atoms with Crippen molar-refractivity contribution in [3.8, 4) is 11.5 Å². The Balaban J connectivity index is 1.86. The van der Waals surface area contributed by atoms with Crippen LogP contribution in [0.1, 0.15) is 27.1 Å². The van der Waals surface area contributed by atoms with Crippen LogP contribution in [0.4, 0.5) is 0 Å². The number of hydrogen-bond donors (Lipinski definition) is 1. The molecule has 2 aliphatic heterocycles. The summed E-state index contributed by atoms with van der Waals surface area (Å²) in [5.41, 5.74) is 0.0213. The number of hydrogen-bond acceptors (Lipinski definition) is 4. The molecule has 1 aromatic carbocycles. The van der Waals surface area contributed by atoms with Crippen molar-refractivity contribution in [3.63, 3.8) is 0 Å². The molecule has 2 heterocycles. The van der Waals surface area contributed by atoms with Gasteiger partial charge in [-0.3, -0.25) is 0 Å². The lowest BCUT2D eigenvalue weighted by atomic mass is 9.53. The fourth-order valence-corrected chi connectivity index (χ4v) is 4.73. The Hall–Kier alpha value is -1.52. The largest absolute Gasteiger partial charge is 0.493 e. The third kappa shape index (κ3) is 1.28. The van der Waals surface area contributed by atoms with Crippen LogP contribution in [-0.2, 0) is 11.8 Å². The number of piperidine rings is 1. The fourth-order valence-electron chi connectivity index (χ4n) is 4.73. The van der Waals surface area contributed by atoms with E-state index in [0.717, 1.165) is 0 Å². The predicted octanol–water partition coefficient (Wildman–Crippen LogP) is 1.50. The zero-order chi connectivity index (χ0) is 21.9. The first-order valence-corrected chi connectivity index (χ1v) is 7.46. The summed E-state index contributed by atoms with van der Waals surface area (Å²) in [6, 6.07) is -1.75. The molecule has 116 valence electrons. The van der Waals surface area contributed by atoms with E-state index in [2.05, 4.69) is 0 Å². The molecule has 1 saturated heterocycles. The topological polar surface area (TPSA) is 41.9 Å². The molecule has 1 N–H and O–H groups in total. The minimum absolute atomic E-state index is 0.0288. The third-order valence-electron chi connectivity index (χ3n) is 5.67. The maximum atomic E-state index is 9.28. The summed E-state index contributed by atoms with van der Waals surface area (Å²) >= 11 is 0. The molecule has 4 aliphatic rings. The van der Waals surface area contributed by atoms with Crippen molar-refractivity contribution < 1.29 is 24.2 Å². The van der Waals surface area contributed by atoms with Gasteiger partial charge in [0.25, 0.3) is 0 Å². The van der Waals surface area contributed by atoms with Crippen LogP contribution in [0.3, 0.4) is 0 Å². The molecule has 4 nitrogen and oxygen atoms in total. The summed E-state index contributed by atoms with van der Waals surface area (Å²) in [5, 5.41) is 4.77. The quantitative estimate of drug-likeness (QED) is 0.841. The molecule has 0 radical (unpaired) electrons. The smallest absolute Gasteiger partial charge is 0.211 e. The molecule has 4 heteroatoms. The van der Waals surface area contributed by atoms with E-state index >= 15 is 0 Å². The van der Waals surface area contributed by atoms with Crippen LogP contribution >= 0.6 is 0 Å². The summed E-state index contributed by atoms with van der Waals surface area (Å²) in [7, 11) is -1.02. The Morgan fingerprint density at radius 3 is 3.41 bits per heavy atom. The van der Waals surface area contributed by atoms with Gasteiger partial charge in [0.2, 0.25) is 1.43 Å². The molecular weight excluding hydrogens is 278 g/mol. The van der Waals surface area contributed by atoms with E-state index in [4.69, 9.17) is 24.2 Å². The molecule has 5 rings (SSSR count). The highest BCUT2D eigenvalue weighted by atomic mass is 16.5. The summed E-state index contributed by atoms with van der Waals surface area (Å²) in [6.45, 7) is 0.520. The monoisotopic (exact) mass is 307 g/mol. The maximum absolute atomic E-state index is 9.28. The summed E-state index contributed by atoms with van der Waals surface area (Å²) in [6.07, 6.45) is 0.848. The molecule has 1 aromatic rings. The average molecular weight is 307 g/mol. The number of methoxy groups -OCH3 is 1. The van der Waals surface area contributed by atoms with E-state index in [0.29, 0.717) is 24.1 Å². The lowest BCUT2D eigenvalue weighted by molar-refractivity contribution is -0.0453. The van der Waals surface area contributed by atoms with Crippen LogP contribution in [0.5, 0.6) is 11.5 Å². The van der Waals surface area contributed by atoms with Crippen LogP contribution in [0.15, 0.2) is 24.2 Å². The molecule has 22 heavy (non-hydrogen) atoms. The van der Waals surface area contributed by atoms with Crippen molar-refractivity contribution in [2.24, 2.45) is 5.92 Å². The van der Waals surface area contributed by atoms with Gasteiger partial charge in [0.15, 0.2) is 11.5 Å². The Bertz CT molecular complexity index is 983. The lowest BCUT2D eigenvalue weighted by Gasteiger charge is -2.56. The normalized spacial score (nSPS) is 53.5. The number of rotatable bonds is 2.